The normalized spacial score (nSPS) is 19.6. The van der Waals surface area contributed by atoms with E-state index >= 15 is 0 Å². The Bertz CT molecular complexity index is 392. The molecular formula is C11H13ClN2O. The molecule has 1 amide bonds. The third-order valence-electron chi connectivity index (χ3n) is 2.74. The fraction of sp³-hybridized carbons (Fsp3) is 0.455. The van der Waals surface area contributed by atoms with Gasteiger partial charge in [-0.2, -0.15) is 0 Å². The molecule has 0 saturated carbocycles. The van der Waals surface area contributed by atoms with Crippen LogP contribution in [0.1, 0.15) is 24.6 Å². The fourth-order valence-corrected chi connectivity index (χ4v) is 1.92. The number of pyridine rings is 1. The van der Waals surface area contributed by atoms with E-state index in [1.165, 1.54) is 0 Å². The SMILES string of the molecule is CCC1Cc2ncc(CCl)cc2NC1=O. The van der Waals surface area contributed by atoms with Crippen LogP contribution in [0, 0.1) is 5.92 Å². The van der Waals surface area contributed by atoms with E-state index in [0.717, 1.165) is 29.8 Å². The van der Waals surface area contributed by atoms with Crippen molar-refractivity contribution in [1.29, 1.82) is 0 Å². The van der Waals surface area contributed by atoms with Crippen LogP contribution in [-0.4, -0.2) is 10.9 Å². The number of alkyl halides is 1. The maximum absolute atomic E-state index is 11.6. The van der Waals surface area contributed by atoms with Gasteiger partial charge in [0, 0.05) is 24.4 Å². The summed E-state index contributed by atoms with van der Waals surface area (Å²) in [6.07, 6.45) is 3.36. The van der Waals surface area contributed by atoms with Crippen LogP contribution in [0.2, 0.25) is 0 Å². The molecule has 0 bridgehead atoms. The number of nitrogens with zero attached hydrogens (tertiary/aromatic N) is 1. The molecule has 2 heterocycles. The second-order valence-corrected chi connectivity index (χ2v) is 4.04. The number of hydrogen-bond donors (Lipinski definition) is 1. The van der Waals surface area contributed by atoms with Gasteiger partial charge in [-0.3, -0.25) is 9.78 Å². The van der Waals surface area contributed by atoms with Gasteiger partial charge in [-0.15, -0.1) is 11.6 Å². The van der Waals surface area contributed by atoms with Crippen molar-refractivity contribution >= 4 is 23.2 Å². The highest BCUT2D eigenvalue weighted by Gasteiger charge is 2.25. The van der Waals surface area contributed by atoms with E-state index in [1.54, 1.807) is 6.20 Å². The molecule has 0 aromatic carbocycles. The van der Waals surface area contributed by atoms with Crippen molar-refractivity contribution in [1.82, 2.24) is 4.98 Å². The molecule has 0 fully saturated rings. The van der Waals surface area contributed by atoms with Gasteiger partial charge in [-0.25, -0.2) is 0 Å². The predicted molar refractivity (Wildman–Crippen MR) is 59.9 cm³/mol. The Morgan fingerprint density at radius 3 is 3.13 bits per heavy atom. The molecule has 0 spiro atoms. The summed E-state index contributed by atoms with van der Waals surface area (Å²) in [5, 5.41) is 2.88. The van der Waals surface area contributed by atoms with Crippen LogP contribution in [0.4, 0.5) is 5.69 Å². The first kappa shape index (κ1) is 10.4. The molecule has 15 heavy (non-hydrogen) atoms. The third-order valence-corrected chi connectivity index (χ3v) is 3.05. The second kappa shape index (κ2) is 4.19. The smallest absolute Gasteiger partial charge is 0.227 e. The van der Waals surface area contributed by atoms with Crippen LogP contribution < -0.4 is 5.32 Å². The minimum Gasteiger partial charge on any atom is -0.324 e. The Kier molecular flexibility index (Phi) is 2.91. The first-order valence-electron chi connectivity index (χ1n) is 5.09. The summed E-state index contributed by atoms with van der Waals surface area (Å²) in [7, 11) is 0. The van der Waals surface area contributed by atoms with Gasteiger partial charge in [-0.05, 0) is 18.1 Å². The Balaban J connectivity index is 2.32. The van der Waals surface area contributed by atoms with E-state index < -0.39 is 0 Å². The third kappa shape index (κ3) is 1.97. The molecule has 4 heteroatoms. The van der Waals surface area contributed by atoms with E-state index in [9.17, 15) is 4.79 Å². The van der Waals surface area contributed by atoms with E-state index in [0.29, 0.717) is 5.88 Å². The summed E-state index contributed by atoms with van der Waals surface area (Å²) >= 11 is 5.71. The lowest BCUT2D eigenvalue weighted by Gasteiger charge is -2.23. The van der Waals surface area contributed by atoms with Crippen LogP contribution in [0.15, 0.2) is 12.3 Å². The van der Waals surface area contributed by atoms with Crippen LogP contribution >= 0.6 is 11.6 Å². The number of amides is 1. The van der Waals surface area contributed by atoms with Crippen molar-refractivity contribution < 1.29 is 4.79 Å². The summed E-state index contributed by atoms with van der Waals surface area (Å²) < 4.78 is 0. The lowest BCUT2D eigenvalue weighted by Crippen LogP contribution is -2.30. The van der Waals surface area contributed by atoms with Crippen molar-refractivity contribution in [3.8, 4) is 0 Å². The molecule has 0 aliphatic carbocycles. The number of aromatic nitrogens is 1. The molecule has 80 valence electrons. The molecular weight excluding hydrogens is 212 g/mol. The number of nitrogens with one attached hydrogen (secondary N) is 1. The highest BCUT2D eigenvalue weighted by molar-refractivity contribution is 6.17. The molecule has 1 aromatic rings. The van der Waals surface area contributed by atoms with Gasteiger partial charge in [-0.1, -0.05) is 6.92 Å². The first-order chi connectivity index (χ1) is 7.24. The molecule has 1 aliphatic heterocycles. The van der Waals surface area contributed by atoms with Gasteiger partial charge in [0.2, 0.25) is 5.91 Å². The molecule has 0 radical (unpaired) electrons. The van der Waals surface area contributed by atoms with Gasteiger partial charge in [0.25, 0.3) is 0 Å². The molecule has 1 aliphatic rings. The maximum Gasteiger partial charge on any atom is 0.227 e. The number of hydrogen-bond acceptors (Lipinski definition) is 2. The number of carbonyl (C=O) groups is 1. The predicted octanol–water partition coefficient (Wildman–Crippen LogP) is 2.34. The highest BCUT2D eigenvalue weighted by atomic mass is 35.5. The van der Waals surface area contributed by atoms with Gasteiger partial charge < -0.3 is 5.32 Å². The average Bonchev–Trinajstić information content (AvgIpc) is 2.27. The quantitative estimate of drug-likeness (QED) is 0.784. The summed E-state index contributed by atoms with van der Waals surface area (Å²) in [4.78, 5) is 15.9. The van der Waals surface area contributed by atoms with E-state index in [2.05, 4.69) is 10.3 Å². The van der Waals surface area contributed by atoms with Crippen molar-refractivity contribution in [2.45, 2.75) is 25.6 Å². The Hall–Kier alpha value is -1.09. The van der Waals surface area contributed by atoms with E-state index in [4.69, 9.17) is 11.6 Å². The van der Waals surface area contributed by atoms with Gasteiger partial charge in [0.15, 0.2) is 0 Å². The Morgan fingerprint density at radius 1 is 1.67 bits per heavy atom. The fourth-order valence-electron chi connectivity index (χ4n) is 1.77. The number of halogens is 1. The van der Waals surface area contributed by atoms with Gasteiger partial charge >= 0.3 is 0 Å². The number of anilines is 1. The monoisotopic (exact) mass is 224 g/mol. The molecule has 1 aromatic heterocycles. The molecule has 3 nitrogen and oxygen atoms in total. The van der Waals surface area contributed by atoms with E-state index in [-0.39, 0.29) is 11.8 Å². The molecule has 1 atom stereocenters. The zero-order valence-electron chi connectivity index (χ0n) is 8.59. The van der Waals surface area contributed by atoms with Crippen molar-refractivity contribution in [3.05, 3.63) is 23.5 Å². The lowest BCUT2D eigenvalue weighted by molar-refractivity contribution is -0.120. The molecule has 2 rings (SSSR count). The number of rotatable bonds is 2. The second-order valence-electron chi connectivity index (χ2n) is 3.77. The molecule has 1 N–H and O–H groups in total. The average molecular weight is 225 g/mol. The zero-order valence-corrected chi connectivity index (χ0v) is 9.34. The largest absolute Gasteiger partial charge is 0.324 e. The van der Waals surface area contributed by atoms with Gasteiger partial charge in [0.05, 0.1) is 11.4 Å². The van der Waals surface area contributed by atoms with Crippen LogP contribution in [0.3, 0.4) is 0 Å². The summed E-state index contributed by atoms with van der Waals surface area (Å²) in [6.45, 7) is 2.02. The molecule has 1 unspecified atom stereocenters. The van der Waals surface area contributed by atoms with Crippen molar-refractivity contribution in [2.24, 2.45) is 5.92 Å². The molecule has 0 saturated heterocycles. The zero-order chi connectivity index (χ0) is 10.8. The van der Waals surface area contributed by atoms with Crippen molar-refractivity contribution in [2.75, 3.05) is 5.32 Å². The highest BCUT2D eigenvalue weighted by Crippen LogP contribution is 2.26. The Labute approximate surface area is 93.8 Å². The van der Waals surface area contributed by atoms with Crippen LogP contribution in [0.5, 0.6) is 0 Å². The topological polar surface area (TPSA) is 42.0 Å². The number of fused-ring (bicyclic) bond motifs is 1. The minimum absolute atomic E-state index is 0.0619. The summed E-state index contributed by atoms with van der Waals surface area (Å²) in [5.74, 6) is 0.582. The van der Waals surface area contributed by atoms with Crippen LogP contribution in [-0.2, 0) is 17.1 Å². The maximum atomic E-state index is 11.6. The lowest BCUT2D eigenvalue weighted by atomic mass is 9.94. The standard InChI is InChI=1S/C11H13ClN2O/c1-2-8-4-9-10(14-11(8)15)3-7(5-12)6-13-9/h3,6,8H,2,4-5H2,1H3,(H,14,15). The summed E-state index contributed by atoms with van der Waals surface area (Å²) in [5.41, 5.74) is 2.73. The summed E-state index contributed by atoms with van der Waals surface area (Å²) in [6, 6.07) is 1.90. The van der Waals surface area contributed by atoms with Gasteiger partial charge in [0.1, 0.15) is 0 Å². The first-order valence-corrected chi connectivity index (χ1v) is 5.62. The Morgan fingerprint density at radius 2 is 2.47 bits per heavy atom. The van der Waals surface area contributed by atoms with E-state index in [1.807, 2.05) is 13.0 Å². The van der Waals surface area contributed by atoms with Crippen molar-refractivity contribution in [3.63, 3.8) is 0 Å². The minimum atomic E-state index is 0.0619. The number of carbonyl (C=O) groups excluding carboxylic acids is 1. The van der Waals surface area contributed by atoms with Crippen LogP contribution in [0.25, 0.3) is 0 Å².